The molecule has 1 N–H and O–H groups in total. The third kappa shape index (κ3) is 5.07. The van der Waals surface area contributed by atoms with Gasteiger partial charge in [0, 0.05) is 0 Å². The Hall–Kier alpha value is -2.91. The van der Waals surface area contributed by atoms with Gasteiger partial charge in [0.25, 0.3) is 5.91 Å². The summed E-state index contributed by atoms with van der Waals surface area (Å²) in [5.74, 6) is -3.54. The Morgan fingerprint density at radius 2 is 2.04 bits per heavy atom. The fourth-order valence-electron chi connectivity index (χ4n) is 1.75. The Labute approximate surface area is 137 Å². The molecule has 0 saturated heterocycles. The quantitative estimate of drug-likeness (QED) is 0.420. The standard InChI is InChI=1S/C14H18N2O8/c1-4-8(2)12(14(19)22-3)15-10(17)7-23-13(18)9-5-6-11(24-9)16(20)21/h5-6,8,12H,4,7H2,1-3H3,(H,15,17)/t8-,12-/m1/s1. The van der Waals surface area contributed by atoms with E-state index < -0.39 is 47.1 Å². The molecule has 0 spiro atoms. The van der Waals surface area contributed by atoms with Crippen LogP contribution in [0.4, 0.5) is 5.88 Å². The summed E-state index contributed by atoms with van der Waals surface area (Å²) < 4.78 is 14.0. The van der Waals surface area contributed by atoms with Crippen LogP contribution in [0.3, 0.4) is 0 Å². The third-order valence-corrected chi connectivity index (χ3v) is 3.29. The van der Waals surface area contributed by atoms with Crippen molar-refractivity contribution in [3.8, 4) is 0 Å². The van der Waals surface area contributed by atoms with Gasteiger partial charge in [-0.25, -0.2) is 9.59 Å². The van der Waals surface area contributed by atoms with Crippen LogP contribution in [0.25, 0.3) is 0 Å². The van der Waals surface area contributed by atoms with E-state index in [9.17, 15) is 24.5 Å². The molecule has 0 aromatic carbocycles. The number of carbonyl (C=O) groups excluding carboxylic acids is 3. The molecule has 1 rings (SSSR count). The van der Waals surface area contributed by atoms with Gasteiger partial charge in [-0.3, -0.25) is 14.9 Å². The molecule has 10 heteroatoms. The van der Waals surface area contributed by atoms with Gasteiger partial charge in [0.05, 0.1) is 13.2 Å². The van der Waals surface area contributed by atoms with Gasteiger partial charge in [-0.2, -0.15) is 0 Å². The number of methoxy groups -OCH3 is 1. The molecule has 1 heterocycles. The minimum atomic E-state index is -1.03. The first-order chi connectivity index (χ1) is 11.3. The van der Waals surface area contributed by atoms with Crippen LogP contribution in [0.15, 0.2) is 16.5 Å². The van der Waals surface area contributed by atoms with Crippen molar-refractivity contribution in [3.63, 3.8) is 0 Å². The Morgan fingerprint density at radius 1 is 1.38 bits per heavy atom. The van der Waals surface area contributed by atoms with Crippen LogP contribution in [0, 0.1) is 16.0 Å². The highest BCUT2D eigenvalue weighted by molar-refractivity contribution is 5.90. The van der Waals surface area contributed by atoms with E-state index in [1.165, 1.54) is 7.11 Å². The number of nitrogens with one attached hydrogen (secondary N) is 1. The van der Waals surface area contributed by atoms with E-state index >= 15 is 0 Å². The predicted molar refractivity (Wildman–Crippen MR) is 79.0 cm³/mol. The lowest BCUT2D eigenvalue weighted by Crippen LogP contribution is -2.47. The zero-order valence-electron chi connectivity index (χ0n) is 13.4. The molecule has 0 radical (unpaired) electrons. The van der Waals surface area contributed by atoms with Gasteiger partial charge in [-0.1, -0.05) is 20.3 Å². The number of hydrogen-bond donors (Lipinski definition) is 1. The molecular formula is C14H18N2O8. The topological polar surface area (TPSA) is 138 Å². The van der Waals surface area contributed by atoms with E-state index in [0.29, 0.717) is 6.42 Å². The van der Waals surface area contributed by atoms with Crippen molar-refractivity contribution >= 4 is 23.7 Å². The minimum absolute atomic E-state index is 0.176. The van der Waals surface area contributed by atoms with Gasteiger partial charge in [-0.15, -0.1) is 0 Å². The maximum Gasteiger partial charge on any atom is 0.433 e. The summed E-state index contributed by atoms with van der Waals surface area (Å²) in [7, 11) is 1.20. The van der Waals surface area contributed by atoms with Gasteiger partial charge in [0.15, 0.2) is 6.61 Å². The van der Waals surface area contributed by atoms with Crippen LogP contribution in [-0.2, 0) is 19.1 Å². The summed E-state index contributed by atoms with van der Waals surface area (Å²) >= 11 is 0. The monoisotopic (exact) mass is 342 g/mol. The molecule has 0 saturated carbocycles. The molecule has 132 valence electrons. The molecule has 1 aromatic rings. The highest BCUT2D eigenvalue weighted by Crippen LogP contribution is 2.16. The first-order valence-corrected chi connectivity index (χ1v) is 7.08. The second-order valence-corrected chi connectivity index (χ2v) is 4.93. The zero-order valence-corrected chi connectivity index (χ0v) is 13.4. The lowest BCUT2D eigenvalue weighted by atomic mass is 9.99. The first-order valence-electron chi connectivity index (χ1n) is 7.08. The zero-order chi connectivity index (χ0) is 18.3. The molecule has 1 aromatic heterocycles. The Kier molecular flexibility index (Phi) is 6.90. The molecule has 24 heavy (non-hydrogen) atoms. The molecule has 0 aliphatic heterocycles. The fourth-order valence-corrected chi connectivity index (χ4v) is 1.75. The number of hydrogen-bond acceptors (Lipinski definition) is 8. The molecule has 0 aliphatic rings. The molecule has 0 unspecified atom stereocenters. The second-order valence-electron chi connectivity index (χ2n) is 4.93. The van der Waals surface area contributed by atoms with Crippen LogP contribution in [0.1, 0.15) is 30.8 Å². The van der Waals surface area contributed by atoms with E-state index in [1.54, 1.807) is 6.92 Å². The van der Waals surface area contributed by atoms with Gasteiger partial charge in [-0.05, 0) is 12.0 Å². The number of nitro groups is 1. The molecule has 0 aliphatic carbocycles. The van der Waals surface area contributed by atoms with Crippen LogP contribution >= 0.6 is 0 Å². The lowest BCUT2D eigenvalue weighted by Gasteiger charge is -2.21. The number of rotatable bonds is 8. The molecule has 1 amide bonds. The van der Waals surface area contributed by atoms with Gasteiger partial charge in [0.1, 0.15) is 11.0 Å². The van der Waals surface area contributed by atoms with Crippen molar-refractivity contribution in [2.24, 2.45) is 5.92 Å². The normalized spacial score (nSPS) is 12.8. The van der Waals surface area contributed by atoms with Crippen molar-refractivity contribution < 1.29 is 33.2 Å². The van der Waals surface area contributed by atoms with E-state index in [1.807, 2.05) is 6.92 Å². The number of amides is 1. The molecular weight excluding hydrogens is 324 g/mol. The summed E-state index contributed by atoms with van der Waals surface area (Å²) in [6.45, 7) is 2.93. The van der Waals surface area contributed by atoms with Crippen molar-refractivity contribution in [2.45, 2.75) is 26.3 Å². The summed E-state index contributed by atoms with van der Waals surface area (Å²) in [5.41, 5.74) is 0. The first kappa shape index (κ1) is 19.1. The smallest absolute Gasteiger partial charge is 0.433 e. The van der Waals surface area contributed by atoms with Gasteiger partial charge < -0.3 is 19.2 Å². The average Bonchev–Trinajstić information content (AvgIpc) is 3.06. The number of ether oxygens (including phenoxy) is 2. The molecule has 0 bridgehead atoms. The van der Waals surface area contributed by atoms with Crippen molar-refractivity contribution in [1.82, 2.24) is 5.32 Å². The van der Waals surface area contributed by atoms with Crippen LogP contribution < -0.4 is 5.32 Å². The number of furan rings is 1. The van der Waals surface area contributed by atoms with Crippen molar-refractivity contribution in [1.29, 1.82) is 0 Å². The predicted octanol–water partition coefficient (Wildman–Crippen LogP) is 1.05. The SMILES string of the molecule is CC[C@@H](C)[C@@H](NC(=O)COC(=O)c1ccc([N+](=O)[O-])o1)C(=O)OC. The molecule has 0 fully saturated rings. The fraction of sp³-hybridized carbons (Fsp3) is 0.500. The Balaban J connectivity index is 2.58. The average molecular weight is 342 g/mol. The summed E-state index contributed by atoms with van der Waals surface area (Å²) in [5, 5.41) is 12.9. The summed E-state index contributed by atoms with van der Waals surface area (Å²) in [6.07, 6.45) is 0.621. The van der Waals surface area contributed by atoms with Crippen molar-refractivity contribution in [2.75, 3.05) is 13.7 Å². The van der Waals surface area contributed by atoms with E-state index in [2.05, 4.69) is 14.5 Å². The number of carbonyl (C=O) groups is 3. The highest BCUT2D eigenvalue weighted by atomic mass is 16.7. The van der Waals surface area contributed by atoms with Crippen molar-refractivity contribution in [3.05, 3.63) is 28.0 Å². The van der Waals surface area contributed by atoms with E-state index in [-0.39, 0.29) is 5.92 Å². The van der Waals surface area contributed by atoms with Gasteiger partial charge >= 0.3 is 17.8 Å². The van der Waals surface area contributed by atoms with E-state index in [0.717, 1.165) is 12.1 Å². The highest BCUT2D eigenvalue weighted by Gasteiger charge is 2.27. The van der Waals surface area contributed by atoms with Crippen LogP contribution in [-0.4, -0.2) is 42.5 Å². The summed E-state index contributed by atoms with van der Waals surface area (Å²) in [4.78, 5) is 44.8. The number of esters is 2. The molecule has 10 nitrogen and oxygen atoms in total. The van der Waals surface area contributed by atoms with Crippen LogP contribution in [0.2, 0.25) is 0 Å². The van der Waals surface area contributed by atoms with Crippen LogP contribution in [0.5, 0.6) is 0 Å². The largest absolute Gasteiger partial charge is 0.467 e. The lowest BCUT2D eigenvalue weighted by molar-refractivity contribution is -0.402. The summed E-state index contributed by atoms with van der Waals surface area (Å²) in [6, 6.07) is 1.19. The third-order valence-electron chi connectivity index (χ3n) is 3.29. The Morgan fingerprint density at radius 3 is 2.54 bits per heavy atom. The Bertz CT molecular complexity index is 624. The number of nitrogens with zero attached hydrogens (tertiary/aromatic N) is 1. The van der Waals surface area contributed by atoms with Gasteiger partial charge in [0.2, 0.25) is 5.76 Å². The molecule has 2 atom stereocenters. The maximum absolute atomic E-state index is 11.8. The maximum atomic E-state index is 11.8. The second kappa shape index (κ2) is 8.65. The minimum Gasteiger partial charge on any atom is -0.467 e. The van der Waals surface area contributed by atoms with E-state index in [4.69, 9.17) is 4.74 Å².